The third-order valence-corrected chi connectivity index (χ3v) is 3.58. The molecule has 0 spiro atoms. The Morgan fingerprint density at radius 1 is 1.25 bits per heavy atom. The van der Waals surface area contributed by atoms with Crippen LogP contribution in [-0.4, -0.2) is 19.1 Å². The van der Waals surface area contributed by atoms with Crippen LogP contribution in [0.15, 0.2) is 42.5 Å². The van der Waals surface area contributed by atoms with E-state index in [1.807, 2.05) is 18.2 Å². The SMILES string of the molecule is CCCCOc1ccccc1NC(=O)CNc1ccc(F)c(Cl)c1. The summed E-state index contributed by atoms with van der Waals surface area (Å²) in [4.78, 5) is 12.1. The maximum absolute atomic E-state index is 13.1. The fourth-order valence-electron chi connectivity index (χ4n) is 2.01. The van der Waals surface area contributed by atoms with Crippen LogP contribution in [0.4, 0.5) is 15.8 Å². The zero-order valence-corrected chi connectivity index (χ0v) is 14.2. The van der Waals surface area contributed by atoms with E-state index in [9.17, 15) is 9.18 Å². The normalized spacial score (nSPS) is 10.3. The molecule has 0 aliphatic rings. The minimum Gasteiger partial charge on any atom is -0.491 e. The van der Waals surface area contributed by atoms with Crippen molar-refractivity contribution in [2.75, 3.05) is 23.8 Å². The fraction of sp³-hybridized carbons (Fsp3) is 0.278. The topological polar surface area (TPSA) is 50.4 Å². The zero-order valence-electron chi connectivity index (χ0n) is 13.4. The standard InChI is InChI=1S/C18H20ClFN2O2/c1-2-3-10-24-17-7-5-4-6-16(17)22-18(23)12-21-13-8-9-15(20)14(19)11-13/h4-9,11,21H,2-3,10,12H2,1H3,(H,22,23). The van der Waals surface area contributed by atoms with Gasteiger partial charge in [0.1, 0.15) is 11.6 Å². The molecule has 128 valence electrons. The molecule has 0 aromatic heterocycles. The van der Waals surface area contributed by atoms with Gasteiger partial charge in [-0.2, -0.15) is 0 Å². The van der Waals surface area contributed by atoms with Crippen molar-refractivity contribution in [3.8, 4) is 5.75 Å². The summed E-state index contributed by atoms with van der Waals surface area (Å²) in [5.74, 6) is -0.0871. The molecule has 0 atom stereocenters. The van der Waals surface area contributed by atoms with Crippen molar-refractivity contribution >= 4 is 28.9 Å². The minimum atomic E-state index is -0.496. The second kappa shape index (κ2) is 9.13. The Hall–Kier alpha value is -2.27. The van der Waals surface area contributed by atoms with E-state index >= 15 is 0 Å². The molecule has 0 fully saturated rings. The molecule has 4 nitrogen and oxygen atoms in total. The zero-order chi connectivity index (χ0) is 17.4. The maximum atomic E-state index is 13.1. The van der Waals surface area contributed by atoms with Crippen molar-refractivity contribution in [2.45, 2.75) is 19.8 Å². The summed E-state index contributed by atoms with van der Waals surface area (Å²) in [5, 5.41) is 5.71. The minimum absolute atomic E-state index is 0.00933. The Balaban J connectivity index is 1.91. The smallest absolute Gasteiger partial charge is 0.243 e. The van der Waals surface area contributed by atoms with Gasteiger partial charge in [0.05, 0.1) is 23.9 Å². The molecular formula is C18H20ClFN2O2. The van der Waals surface area contributed by atoms with Crippen molar-refractivity contribution in [3.05, 3.63) is 53.3 Å². The van der Waals surface area contributed by atoms with Crippen LogP contribution in [0.2, 0.25) is 5.02 Å². The van der Waals surface area contributed by atoms with Crippen molar-refractivity contribution in [3.63, 3.8) is 0 Å². The van der Waals surface area contributed by atoms with E-state index in [4.69, 9.17) is 16.3 Å². The lowest BCUT2D eigenvalue weighted by molar-refractivity contribution is -0.114. The highest BCUT2D eigenvalue weighted by Gasteiger charge is 2.08. The van der Waals surface area contributed by atoms with E-state index in [-0.39, 0.29) is 17.5 Å². The summed E-state index contributed by atoms with van der Waals surface area (Å²) in [6, 6.07) is 11.5. The summed E-state index contributed by atoms with van der Waals surface area (Å²) in [6.45, 7) is 2.73. The summed E-state index contributed by atoms with van der Waals surface area (Å²) in [7, 11) is 0. The summed E-state index contributed by atoms with van der Waals surface area (Å²) in [6.07, 6.45) is 1.99. The number of para-hydroxylation sites is 2. The molecule has 0 aliphatic heterocycles. The van der Waals surface area contributed by atoms with Crippen LogP contribution in [0.5, 0.6) is 5.75 Å². The first-order chi connectivity index (χ1) is 11.6. The van der Waals surface area contributed by atoms with Gasteiger partial charge in [-0.05, 0) is 36.8 Å². The molecular weight excluding hydrogens is 331 g/mol. The number of halogens is 2. The third-order valence-electron chi connectivity index (χ3n) is 3.29. The molecule has 2 rings (SSSR count). The van der Waals surface area contributed by atoms with Crippen molar-refractivity contribution in [1.82, 2.24) is 0 Å². The molecule has 0 heterocycles. The van der Waals surface area contributed by atoms with E-state index in [2.05, 4.69) is 17.6 Å². The average Bonchev–Trinajstić information content (AvgIpc) is 2.58. The molecule has 2 N–H and O–H groups in total. The quantitative estimate of drug-likeness (QED) is 0.678. The van der Waals surface area contributed by atoms with Gasteiger partial charge in [-0.3, -0.25) is 4.79 Å². The van der Waals surface area contributed by atoms with Crippen LogP contribution in [0, 0.1) is 5.82 Å². The fourth-order valence-corrected chi connectivity index (χ4v) is 2.19. The number of nitrogens with one attached hydrogen (secondary N) is 2. The Kier molecular flexibility index (Phi) is 6.88. The van der Waals surface area contributed by atoms with E-state index in [0.29, 0.717) is 23.7 Å². The number of amides is 1. The van der Waals surface area contributed by atoms with Gasteiger partial charge >= 0.3 is 0 Å². The number of anilines is 2. The molecule has 2 aromatic carbocycles. The van der Waals surface area contributed by atoms with Gasteiger partial charge < -0.3 is 15.4 Å². The van der Waals surface area contributed by atoms with Crippen LogP contribution in [0.25, 0.3) is 0 Å². The van der Waals surface area contributed by atoms with Gasteiger partial charge in [0.2, 0.25) is 5.91 Å². The van der Waals surface area contributed by atoms with Gasteiger partial charge in [0.25, 0.3) is 0 Å². The number of unbranched alkanes of at least 4 members (excludes halogenated alkanes) is 1. The average molecular weight is 351 g/mol. The van der Waals surface area contributed by atoms with E-state index in [0.717, 1.165) is 12.8 Å². The molecule has 0 radical (unpaired) electrons. The van der Waals surface area contributed by atoms with Crippen LogP contribution >= 0.6 is 11.6 Å². The first-order valence-corrected chi connectivity index (χ1v) is 8.18. The van der Waals surface area contributed by atoms with Gasteiger partial charge in [0.15, 0.2) is 0 Å². The first kappa shape index (κ1) is 18.1. The predicted octanol–water partition coefficient (Wildman–Crippen LogP) is 4.71. The summed E-state index contributed by atoms with van der Waals surface area (Å²) < 4.78 is 18.8. The van der Waals surface area contributed by atoms with Crippen LogP contribution < -0.4 is 15.4 Å². The lowest BCUT2D eigenvalue weighted by Gasteiger charge is -2.13. The van der Waals surface area contributed by atoms with Crippen LogP contribution in [0.3, 0.4) is 0 Å². The van der Waals surface area contributed by atoms with Gasteiger partial charge in [0, 0.05) is 5.69 Å². The van der Waals surface area contributed by atoms with E-state index in [1.54, 1.807) is 6.07 Å². The first-order valence-electron chi connectivity index (χ1n) is 7.80. The van der Waals surface area contributed by atoms with Gasteiger partial charge in [-0.1, -0.05) is 37.1 Å². The highest BCUT2D eigenvalue weighted by molar-refractivity contribution is 6.31. The number of hydrogen-bond acceptors (Lipinski definition) is 3. The Labute approximate surface area is 146 Å². The van der Waals surface area contributed by atoms with Crippen molar-refractivity contribution in [2.24, 2.45) is 0 Å². The van der Waals surface area contributed by atoms with E-state index in [1.165, 1.54) is 18.2 Å². The molecule has 0 aliphatic carbocycles. The molecule has 2 aromatic rings. The Bertz CT molecular complexity index is 694. The summed E-state index contributed by atoms with van der Waals surface area (Å²) in [5.41, 5.74) is 1.20. The van der Waals surface area contributed by atoms with E-state index < -0.39 is 5.82 Å². The molecule has 0 unspecified atom stereocenters. The number of ether oxygens (including phenoxy) is 1. The molecule has 1 amide bonds. The third kappa shape index (κ3) is 5.42. The van der Waals surface area contributed by atoms with Gasteiger partial charge in [-0.25, -0.2) is 4.39 Å². The number of carbonyl (C=O) groups is 1. The second-order valence-electron chi connectivity index (χ2n) is 5.23. The predicted molar refractivity (Wildman–Crippen MR) is 95.4 cm³/mol. The molecule has 0 bridgehead atoms. The number of hydrogen-bond donors (Lipinski definition) is 2. The van der Waals surface area contributed by atoms with Crippen molar-refractivity contribution < 1.29 is 13.9 Å². The van der Waals surface area contributed by atoms with Crippen LogP contribution in [-0.2, 0) is 4.79 Å². The molecule has 6 heteroatoms. The number of carbonyl (C=O) groups excluding carboxylic acids is 1. The largest absolute Gasteiger partial charge is 0.491 e. The van der Waals surface area contributed by atoms with Crippen molar-refractivity contribution in [1.29, 1.82) is 0 Å². The monoisotopic (exact) mass is 350 g/mol. The molecule has 0 saturated carbocycles. The maximum Gasteiger partial charge on any atom is 0.243 e. The Morgan fingerprint density at radius 3 is 2.79 bits per heavy atom. The number of rotatable bonds is 8. The molecule has 0 saturated heterocycles. The highest BCUT2D eigenvalue weighted by atomic mass is 35.5. The lowest BCUT2D eigenvalue weighted by Crippen LogP contribution is -2.22. The summed E-state index contributed by atoms with van der Waals surface area (Å²) >= 11 is 5.71. The number of benzene rings is 2. The van der Waals surface area contributed by atoms with Crippen LogP contribution in [0.1, 0.15) is 19.8 Å². The Morgan fingerprint density at radius 2 is 2.04 bits per heavy atom. The molecule has 24 heavy (non-hydrogen) atoms. The highest BCUT2D eigenvalue weighted by Crippen LogP contribution is 2.24. The lowest BCUT2D eigenvalue weighted by atomic mass is 10.2. The van der Waals surface area contributed by atoms with Gasteiger partial charge in [-0.15, -0.1) is 0 Å². The second-order valence-corrected chi connectivity index (χ2v) is 5.64.